The van der Waals surface area contributed by atoms with Gasteiger partial charge >= 0.3 is 5.97 Å². The van der Waals surface area contributed by atoms with Crippen molar-refractivity contribution in [2.75, 3.05) is 6.61 Å². The molecule has 2 rings (SSSR count). The first kappa shape index (κ1) is 17.2. The Bertz CT molecular complexity index is 586. The molecule has 0 aliphatic rings. The normalized spacial score (nSPS) is 11.1. The number of hydrogen-bond donors (Lipinski definition) is 0. The van der Waals surface area contributed by atoms with Gasteiger partial charge in [-0.3, -0.25) is 0 Å². The fourth-order valence-corrected chi connectivity index (χ4v) is 3.44. The van der Waals surface area contributed by atoms with Gasteiger partial charge in [-0.15, -0.1) is 0 Å². The van der Waals surface area contributed by atoms with Crippen LogP contribution in [0.3, 0.4) is 0 Å². The van der Waals surface area contributed by atoms with E-state index in [0.717, 1.165) is 17.5 Å². The molecule has 0 spiro atoms. The third kappa shape index (κ3) is 4.18. The Hall–Kier alpha value is -2.17. The van der Waals surface area contributed by atoms with Crippen molar-refractivity contribution in [2.45, 2.75) is 18.4 Å². The highest BCUT2D eigenvalue weighted by Gasteiger charge is 2.33. The molecule has 3 nitrogen and oxygen atoms in total. The second kappa shape index (κ2) is 8.46. The average Bonchev–Trinajstić information content (AvgIpc) is 2.63. The van der Waals surface area contributed by atoms with E-state index in [1.54, 1.807) is 0 Å². The zero-order valence-corrected chi connectivity index (χ0v) is 15.4. The molecule has 0 saturated carbocycles. The maximum absolute atomic E-state index is 11.2. The van der Waals surface area contributed by atoms with Crippen LogP contribution >= 0.6 is 0 Å². The van der Waals surface area contributed by atoms with Gasteiger partial charge in [0.2, 0.25) is 0 Å². The Morgan fingerprint density at radius 3 is 2.00 bits per heavy atom. The Morgan fingerprint density at radius 1 is 1.04 bits per heavy atom. The Balaban J connectivity index is 2.24. The van der Waals surface area contributed by atoms with Gasteiger partial charge in [-0.25, -0.2) is 4.79 Å². The van der Waals surface area contributed by atoms with Crippen molar-refractivity contribution in [2.24, 2.45) is 0 Å². The minimum Gasteiger partial charge on any atom is -0.463 e. The molecule has 4 heteroatoms. The number of carbonyl (C=O) groups is 1. The second-order valence-corrected chi connectivity index (χ2v) is 5.65. The lowest BCUT2D eigenvalue weighted by Crippen LogP contribution is -2.31. The Kier molecular flexibility index (Phi) is 6.32. The van der Waals surface area contributed by atoms with Crippen LogP contribution in [-0.2, 0) is 19.6 Å². The van der Waals surface area contributed by atoms with E-state index in [0.29, 0.717) is 23.5 Å². The molecule has 0 heterocycles. The van der Waals surface area contributed by atoms with Gasteiger partial charge < -0.3 is 9.16 Å². The average molecular weight is 326 g/mol. The van der Waals surface area contributed by atoms with Gasteiger partial charge in [-0.05, 0) is 24.0 Å². The predicted molar refractivity (Wildman–Crippen MR) is 95.1 cm³/mol. The summed E-state index contributed by atoms with van der Waals surface area (Å²) in [5.41, 5.74) is 1.75. The molecule has 23 heavy (non-hydrogen) atoms. The molecule has 0 atom stereocenters. The molecule has 0 saturated heterocycles. The number of carbonyl (C=O) groups excluding carboxylic acids is 1. The number of esters is 1. The molecule has 0 aliphatic carbocycles. The van der Waals surface area contributed by atoms with E-state index in [1.807, 2.05) is 36.4 Å². The van der Waals surface area contributed by atoms with E-state index in [2.05, 4.69) is 30.8 Å². The van der Waals surface area contributed by atoms with Gasteiger partial charge in [0.25, 0.3) is 0 Å². The van der Waals surface area contributed by atoms with Gasteiger partial charge in [0.1, 0.15) is 16.1 Å². The highest BCUT2D eigenvalue weighted by Crippen LogP contribution is 2.37. The van der Waals surface area contributed by atoms with Crippen LogP contribution in [0.15, 0.2) is 73.3 Å². The highest BCUT2D eigenvalue weighted by molar-refractivity contribution is 5.98. The van der Waals surface area contributed by atoms with Crippen molar-refractivity contribution >= 4 is 16.5 Å². The zero-order valence-electron chi connectivity index (χ0n) is 13.4. The van der Waals surface area contributed by atoms with E-state index in [1.165, 1.54) is 6.08 Å². The van der Waals surface area contributed by atoms with Crippen molar-refractivity contribution in [1.82, 2.24) is 0 Å². The maximum Gasteiger partial charge on any atom is 0.330 e. The van der Waals surface area contributed by atoms with Gasteiger partial charge in [-0.1, -0.05) is 67.2 Å². The van der Waals surface area contributed by atoms with Crippen LogP contribution in [-0.4, -0.2) is 23.1 Å². The molecule has 2 aromatic rings. The Labute approximate surface area is 140 Å². The summed E-state index contributed by atoms with van der Waals surface area (Å²) in [5.74, 6) is -0.387. The standard InChI is InChI=1S/C19H22O3Si/c1-2-18(20)21-15-9-14-19(22-23,16-10-5-3-6-11-16)17-12-7-4-8-13-17/h2-8,10-13H,1,9,14-15H2,23H3. The number of rotatable bonds is 8. The van der Waals surface area contributed by atoms with Crippen LogP contribution in [0.1, 0.15) is 24.0 Å². The molecular formula is C19H22O3Si. The van der Waals surface area contributed by atoms with E-state index >= 15 is 0 Å². The molecule has 2 aromatic carbocycles. The molecule has 0 aliphatic heterocycles. The van der Waals surface area contributed by atoms with Crippen molar-refractivity contribution in [1.29, 1.82) is 0 Å². The van der Waals surface area contributed by atoms with Crippen molar-refractivity contribution < 1.29 is 14.0 Å². The van der Waals surface area contributed by atoms with Crippen molar-refractivity contribution in [3.8, 4) is 0 Å². The molecular weight excluding hydrogens is 304 g/mol. The molecule has 0 amide bonds. The molecule has 0 N–H and O–H groups in total. The number of ether oxygens (including phenoxy) is 1. The summed E-state index contributed by atoms with van der Waals surface area (Å²) in [5, 5.41) is 0. The van der Waals surface area contributed by atoms with Crippen LogP contribution in [0.5, 0.6) is 0 Å². The van der Waals surface area contributed by atoms with Crippen LogP contribution in [0.2, 0.25) is 0 Å². The van der Waals surface area contributed by atoms with Gasteiger partial charge in [-0.2, -0.15) is 0 Å². The minimum absolute atomic E-state index is 0.358. The monoisotopic (exact) mass is 326 g/mol. The number of hydrogen-bond acceptors (Lipinski definition) is 3. The summed E-state index contributed by atoms with van der Waals surface area (Å²) in [6.07, 6.45) is 2.64. The Morgan fingerprint density at radius 2 is 1.57 bits per heavy atom. The fraction of sp³-hybridized carbons (Fsp3) is 0.211. The molecule has 0 fully saturated rings. The molecule has 0 radical (unpaired) electrons. The molecule has 0 bridgehead atoms. The minimum atomic E-state index is -0.491. The van der Waals surface area contributed by atoms with E-state index in [4.69, 9.17) is 9.16 Å². The van der Waals surface area contributed by atoms with Gasteiger partial charge in [0.15, 0.2) is 0 Å². The smallest absolute Gasteiger partial charge is 0.330 e. The maximum atomic E-state index is 11.2. The van der Waals surface area contributed by atoms with Crippen molar-refractivity contribution in [3.63, 3.8) is 0 Å². The summed E-state index contributed by atoms with van der Waals surface area (Å²) >= 11 is 0. The first-order chi connectivity index (χ1) is 11.2. The van der Waals surface area contributed by atoms with Crippen LogP contribution < -0.4 is 0 Å². The van der Waals surface area contributed by atoms with Crippen LogP contribution in [0.4, 0.5) is 0 Å². The second-order valence-electron chi connectivity index (χ2n) is 5.24. The highest BCUT2D eigenvalue weighted by atomic mass is 28.2. The lowest BCUT2D eigenvalue weighted by atomic mass is 9.83. The third-order valence-electron chi connectivity index (χ3n) is 3.91. The van der Waals surface area contributed by atoms with E-state index in [9.17, 15) is 4.79 Å². The summed E-state index contributed by atoms with van der Waals surface area (Å²) in [4.78, 5) is 11.2. The summed E-state index contributed by atoms with van der Waals surface area (Å²) in [7, 11) is 0.607. The number of benzene rings is 2. The zero-order chi connectivity index (χ0) is 16.5. The quantitative estimate of drug-likeness (QED) is 0.324. The van der Waals surface area contributed by atoms with Gasteiger partial charge in [0.05, 0.1) is 6.61 Å². The van der Waals surface area contributed by atoms with Crippen molar-refractivity contribution in [3.05, 3.63) is 84.4 Å². The fourth-order valence-electron chi connectivity index (χ4n) is 2.76. The van der Waals surface area contributed by atoms with Crippen LogP contribution in [0, 0.1) is 0 Å². The molecule has 0 aromatic heterocycles. The first-order valence-electron chi connectivity index (χ1n) is 7.68. The predicted octanol–water partition coefficient (Wildman–Crippen LogP) is 2.74. The summed E-state index contributed by atoms with van der Waals surface area (Å²) in [6, 6.07) is 20.4. The van der Waals surface area contributed by atoms with Gasteiger partial charge in [0, 0.05) is 6.08 Å². The first-order valence-corrected chi connectivity index (χ1v) is 8.50. The molecule has 0 unspecified atom stereocenters. The largest absolute Gasteiger partial charge is 0.463 e. The third-order valence-corrected chi connectivity index (χ3v) is 4.61. The van der Waals surface area contributed by atoms with E-state index < -0.39 is 5.60 Å². The summed E-state index contributed by atoms with van der Waals surface area (Å²) in [6.45, 7) is 3.76. The molecule has 120 valence electrons. The van der Waals surface area contributed by atoms with E-state index in [-0.39, 0.29) is 5.97 Å². The lowest BCUT2D eigenvalue weighted by Gasteiger charge is -2.34. The SMILES string of the molecule is C=CC(=O)OCCCC(O[SiH3])(c1ccccc1)c1ccccc1. The summed E-state index contributed by atoms with van der Waals surface area (Å²) < 4.78 is 11.2. The van der Waals surface area contributed by atoms with Crippen LogP contribution in [0.25, 0.3) is 0 Å². The topological polar surface area (TPSA) is 35.5 Å². The lowest BCUT2D eigenvalue weighted by molar-refractivity contribution is -0.138.